The summed E-state index contributed by atoms with van der Waals surface area (Å²) in [6.07, 6.45) is -10.3. The Bertz CT molecular complexity index is 1030. The van der Waals surface area contributed by atoms with Crippen LogP contribution in [0.2, 0.25) is 0 Å². The lowest BCUT2D eigenvalue weighted by atomic mass is 10.1. The van der Waals surface area contributed by atoms with E-state index in [2.05, 4.69) is 0 Å². The minimum absolute atomic E-state index is 0.140. The summed E-state index contributed by atoms with van der Waals surface area (Å²) in [5.74, 6) is -2.60. The van der Waals surface area contributed by atoms with Gasteiger partial charge >= 0.3 is 18.0 Å². The zero-order valence-electron chi connectivity index (χ0n) is 14.1. The first-order valence-electron chi connectivity index (χ1n) is 7.24. The highest BCUT2D eigenvalue weighted by molar-refractivity contribution is 6.05. The van der Waals surface area contributed by atoms with Crippen LogP contribution in [0.25, 0.3) is 0 Å². The van der Waals surface area contributed by atoms with Crippen molar-refractivity contribution in [2.24, 2.45) is 14.1 Å². The van der Waals surface area contributed by atoms with Crippen LogP contribution in [0.15, 0.2) is 27.8 Å². The van der Waals surface area contributed by atoms with Gasteiger partial charge in [0.15, 0.2) is 5.56 Å². The number of aromatic hydroxyl groups is 1. The Balaban J connectivity index is 2.59. The maximum absolute atomic E-state index is 12.9. The standard InChI is InChI=1S/C15H11F6N3O4/c1-23-11(26)9(12(27)24(2)13(23)28)10(25)22-8-4-6(14(16,17)18)3-7(5-8)15(19,20)21/h3-5,26H,1-2H3,(H,22,25). The number of hydrogen-bond donors (Lipinski definition) is 2. The van der Waals surface area contributed by atoms with Crippen LogP contribution in [0.1, 0.15) is 21.5 Å². The fraction of sp³-hybridized carbons (Fsp3) is 0.267. The topological polar surface area (TPSA) is 93.3 Å². The third kappa shape index (κ3) is 3.87. The Morgan fingerprint density at radius 3 is 1.82 bits per heavy atom. The molecule has 152 valence electrons. The van der Waals surface area contributed by atoms with Gasteiger partial charge in [0.2, 0.25) is 5.88 Å². The lowest BCUT2D eigenvalue weighted by Gasteiger charge is -2.15. The summed E-state index contributed by atoms with van der Waals surface area (Å²) in [4.78, 5) is 35.9. The molecule has 0 aliphatic carbocycles. The van der Waals surface area contributed by atoms with Crippen molar-refractivity contribution in [2.45, 2.75) is 12.4 Å². The van der Waals surface area contributed by atoms with Crippen LogP contribution in [-0.2, 0) is 26.4 Å². The molecule has 1 amide bonds. The molecule has 28 heavy (non-hydrogen) atoms. The number of nitrogens with zero attached hydrogens (tertiary/aromatic N) is 2. The summed E-state index contributed by atoms with van der Waals surface area (Å²) in [7, 11) is 1.97. The smallest absolute Gasteiger partial charge is 0.416 e. The van der Waals surface area contributed by atoms with E-state index in [1.54, 1.807) is 5.32 Å². The molecule has 0 unspecified atom stereocenters. The van der Waals surface area contributed by atoms with Crippen LogP contribution in [-0.4, -0.2) is 20.1 Å². The number of nitrogens with one attached hydrogen (secondary N) is 1. The third-order valence-electron chi connectivity index (χ3n) is 3.71. The number of carbonyl (C=O) groups excluding carboxylic acids is 1. The van der Waals surface area contributed by atoms with Crippen molar-refractivity contribution < 1.29 is 36.2 Å². The second kappa shape index (κ2) is 6.73. The maximum Gasteiger partial charge on any atom is 0.416 e. The predicted molar refractivity (Wildman–Crippen MR) is 83.0 cm³/mol. The highest BCUT2D eigenvalue weighted by Gasteiger charge is 2.37. The van der Waals surface area contributed by atoms with E-state index in [-0.39, 0.29) is 18.2 Å². The van der Waals surface area contributed by atoms with Gasteiger partial charge in [0.25, 0.3) is 11.5 Å². The summed E-state index contributed by atoms with van der Waals surface area (Å²) < 4.78 is 78.1. The molecule has 0 spiro atoms. The average molecular weight is 411 g/mol. The molecular formula is C15H11F6N3O4. The van der Waals surface area contributed by atoms with Crippen LogP contribution in [0.5, 0.6) is 5.88 Å². The number of rotatable bonds is 2. The van der Waals surface area contributed by atoms with Gasteiger partial charge in [-0.1, -0.05) is 0 Å². The van der Waals surface area contributed by atoms with Crippen molar-refractivity contribution in [2.75, 3.05) is 5.32 Å². The van der Waals surface area contributed by atoms with E-state index >= 15 is 0 Å². The fourth-order valence-electron chi connectivity index (χ4n) is 2.25. The van der Waals surface area contributed by atoms with Crippen molar-refractivity contribution in [1.29, 1.82) is 0 Å². The van der Waals surface area contributed by atoms with Gasteiger partial charge in [0, 0.05) is 19.8 Å². The van der Waals surface area contributed by atoms with E-state index in [1.165, 1.54) is 0 Å². The fourth-order valence-corrected chi connectivity index (χ4v) is 2.25. The average Bonchev–Trinajstić information content (AvgIpc) is 2.56. The molecule has 1 aromatic carbocycles. The summed E-state index contributed by atoms with van der Waals surface area (Å²) in [5, 5.41) is 11.5. The molecular weight excluding hydrogens is 400 g/mol. The number of alkyl halides is 6. The summed E-state index contributed by atoms with van der Waals surface area (Å²) in [6, 6.07) is 0.325. The van der Waals surface area contributed by atoms with Gasteiger partial charge < -0.3 is 10.4 Å². The van der Waals surface area contributed by atoms with E-state index in [1.807, 2.05) is 0 Å². The first-order chi connectivity index (χ1) is 12.6. The number of benzene rings is 1. The van der Waals surface area contributed by atoms with Crippen LogP contribution in [0.4, 0.5) is 32.0 Å². The van der Waals surface area contributed by atoms with Gasteiger partial charge in [0.05, 0.1) is 11.1 Å². The summed E-state index contributed by atoms with van der Waals surface area (Å²) >= 11 is 0. The van der Waals surface area contributed by atoms with Gasteiger partial charge in [-0.3, -0.25) is 18.7 Å². The highest BCUT2D eigenvalue weighted by Crippen LogP contribution is 2.37. The number of anilines is 1. The molecule has 13 heteroatoms. The zero-order chi connectivity index (χ0) is 21.6. The van der Waals surface area contributed by atoms with Gasteiger partial charge in [0.1, 0.15) is 0 Å². The van der Waals surface area contributed by atoms with Gasteiger partial charge in [-0.2, -0.15) is 26.3 Å². The van der Waals surface area contributed by atoms with Crippen molar-refractivity contribution in [3.05, 3.63) is 55.7 Å². The van der Waals surface area contributed by atoms with E-state index in [4.69, 9.17) is 0 Å². The molecule has 1 aromatic heterocycles. The molecule has 0 bridgehead atoms. The predicted octanol–water partition coefficient (Wildman–Crippen LogP) is 2.08. The monoisotopic (exact) mass is 411 g/mol. The SMILES string of the molecule is Cn1c(O)c(C(=O)Nc2cc(C(F)(F)F)cc(C(F)(F)F)c2)c(=O)n(C)c1=O. The Morgan fingerprint density at radius 2 is 1.39 bits per heavy atom. The Labute approximate surface area is 151 Å². The Morgan fingerprint density at radius 1 is 0.929 bits per heavy atom. The summed E-state index contributed by atoms with van der Waals surface area (Å²) in [5.41, 5.74) is -7.61. The Kier molecular flexibility index (Phi) is 5.06. The molecule has 2 rings (SSSR count). The molecule has 0 aliphatic rings. The maximum atomic E-state index is 12.9. The molecule has 1 heterocycles. The second-order valence-corrected chi connectivity index (χ2v) is 5.65. The van der Waals surface area contributed by atoms with Crippen molar-refractivity contribution in [3.63, 3.8) is 0 Å². The largest absolute Gasteiger partial charge is 0.494 e. The number of halogens is 6. The molecule has 0 saturated carbocycles. The van der Waals surface area contributed by atoms with Gasteiger partial charge in [-0.25, -0.2) is 4.79 Å². The molecule has 0 aliphatic heterocycles. The van der Waals surface area contributed by atoms with Crippen LogP contribution >= 0.6 is 0 Å². The van der Waals surface area contributed by atoms with Gasteiger partial charge in [-0.05, 0) is 18.2 Å². The lowest BCUT2D eigenvalue weighted by Crippen LogP contribution is -2.41. The van der Waals surface area contributed by atoms with Crippen LogP contribution in [0, 0.1) is 0 Å². The molecule has 0 radical (unpaired) electrons. The summed E-state index contributed by atoms with van der Waals surface area (Å²) in [6.45, 7) is 0. The minimum atomic E-state index is -5.14. The second-order valence-electron chi connectivity index (χ2n) is 5.65. The Hall–Kier alpha value is -3.25. The third-order valence-corrected chi connectivity index (χ3v) is 3.71. The highest BCUT2D eigenvalue weighted by atomic mass is 19.4. The van der Waals surface area contributed by atoms with E-state index in [9.17, 15) is 45.8 Å². The zero-order valence-corrected chi connectivity index (χ0v) is 14.1. The van der Waals surface area contributed by atoms with E-state index < -0.39 is 57.8 Å². The molecule has 0 atom stereocenters. The van der Waals surface area contributed by atoms with Crippen LogP contribution < -0.4 is 16.6 Å². The number of aromatic nitrogens is 2. The number of amides is 1. The normalized spacial score (nSPS) is 12.1. The number of hydrogen-bond acceptors (Lipinski definition) is 4. The van der Waals surface area contributed by atoms with Crippen LogP contribution in [0.3, 0.4) is 0 Å². The van der Waals surface area contributed by atoms with Crippen molar-refractivity contribution in [3.8, 4) is 5.88 Å². The molecule has 2 N–H and O–H groups in total. The van der Waals surface area contributed by atoms with Crippen molar-refractivity contribution in [1.82, 2.24) is 9.13 Å². The van der Waals surface area contributed by atoms with Gasteiger partial charge in [-0.15, -0.1) is 0 Å². The first-order valence-corrected chi connectivity index (χ1v) is 7.24. The number of carbonyl (C=O) groups is 1. The van der Waals surface area contributed by atoms with E-state index in [0.29, 0.717) is 9.13 Å². The quantitative estimate of drug-likeness (QED) is 0.741. The molecule has 0 fully saturated rings. The van der Waals surface area contributed by atoms with Crippen molar-refractivity contribution >= 4 is 11.6 Å². The lowest BCUT2D eigenvalue weighted by molar-refractivity contribution is -0.143. The molecule has 7 nitrogen and oxygen atoms in total. The van der Waals surface area contributed by atoms with E-state index in [0.717, 1.165) is 14.1 Å². The first kappa shape index (κ1) is 21.1. The molecule has 0 saturated heterocycles. The minimum Gasteiger partial charge on any atom is -0.494 e. The molecule has 2 aromatic rings.